The van der Waals surface area contributed by atoms with Gasteiger partial charge in [-0.15, -0.1) is 0 Å². The third-order valence-electron chi connectivity index (χ3n) is 2.78. The van der Waals surface area contributed by atoms with Crippen molar-refractivity contribution in [1.29, 1.82) is 0 Å². The van der Waals surface area contributed by atoms with Gasteiger partial charge in [0.2, 0.25) is 0 Å². The van der Waals surface area contributed by atoms with E-state index < -0.39 is 11.9 Å². The van der Waals surface area contributed by atoms with Gasteiger partial charge in [0.05, 0.1) is 25.5 Å². The average Bonchev–Trinajstić information content (AvgIpc) is 2.53. The van der Waals surface area contributed by atoms with Crippen molar-refractivity contribution in [3.8, 4) is 0 Å². The van der Waals surface area contributed by atoms with Gasteiger partial charge in [-0.25, -0.2) is 9.59 Å². The number of hydrogen-bond acceptors (Lipinski definition) is 7. The predicted octanol–water partition coefficient (Wildman–Crippen LogP) is 1.78. The van der Waals surface area contributed by atoms with Gasteiger partial charge in [0.25, 0.3) is 0 Å². The number of nitrogens with one attached hydrogen (secondary N) is 1. The molecule has 0 radical (unpaired) electrons. The largest absolute Gasteiger partial charge is 0.465 e. The van der Waals surface area contributed by atoms with Crippen molar-refractivity contribution < 1.29 is 23.9 Å². The molecule has 0 aliphatic heterocycles. The standard InChI is InChI=1S/C15H18N2O5/c1-10(18)8-9-13(15(20)22-3)17-16-12-7-5-4-6-11(12)14(19)21-2/h4-7,16H,8-9H2,1-3H3/b17-13+. The lowest BCUT2D eigenvalue weighted by Crippen LogP contribution is -2.18. The number of carbonyl (C=O) groups is 3. The summed E-state index contributed by atoms with van der Waals surface area (Å²) >= 11 is 0. The highest BCUT2D eigenvalue weighted by atomic mass is 16.5. The molecule has 0 amide bonds. The first kappa shape index (κ1) is 17.4. The summed E-state index contributed by atoms with van der Waals surface area (Å²) < 4.78 is 9.29. The molecule has 1 aromatic rings. The molecule has 0 aliphatic carbocycles. The highest BCUT2D eigenvalue weighted by Crippen LogP contribution is 2.16. The number of anilines is 1. The molecule has 0 aromatic heterocycles. The fourth-order valence-corrected chi connectivity index (χ4v) is 1.61. The second-order valence-electron chi connectivity index (χ2n) is 4.40. The number of ether oxygens (including phenoxy) is 2. The normalized spacial score (nSPS) is 10.8. The Morgan fingerprint density at radius 1 is 1.09 bits per heavy atom. The summed E-state index contributed by atoms with van der Waals surface area (Å²) in [6.07, 6.45) is 0.323. The molecule has 1 aromatic carbocycles. The van der Waals surface area contributed by atoms with Crippen molar-refractivity contribution in [2.75, 3.05) is 19.6 Å². The van der Waals surface area contributed by atoms with Crippen LogP contribution in [0.5, 0.6) is 0 Å². The minimum atomic E-state index is -0.635. The van der Waals surface area contributed by atoms with Gasteiger partial charge in [0.15, 0.2) is 0 Å². The monoisotopic (exact) mass is 306 g/mol. The molecular weight excluding hydrogens is 288 g/mol. The molecular formula is C15H18N2O5. The molecule has 118 valence electrons. The zero-order valence-electron chi connectivity index (χ0n) is 12.7. The van der Waals surface area contributed by atoms with Crippen LogP contribution in [-0.4, -0.2) is 37.7 Å². The van der Waals surface area contributed by atoms with E-state index >= 15 is 0 Å². The van der Waals surface area contributed by atoms with Crippen LogP contribution in [0.4, 0.5) is 5.69 Å². The molecule has 0 fully saturated rings. The number of hydrazone groups is 1. The van der Waals surface area contributed by atoms with Gasteiger partial charge in [0, 0.05) is 12.8 Å². The molecule has 22 heavy (non-hydrogen) atoms. The lowest BCUT2D eigenvalue weighted by molar-refractivity contribution is -0.132. The van der Waals surface area contributed by atoms with Gasteiger partial charge >= 0.3 is 11.9 Å². The lowest BCUT2D eigenvalue weighted by atomic mass is 10.1. The van der Waals surface area contributed by atoms with Crippen LogP contribution in [0.1, 0.15) is 30.1 Å². The molecule has 0 unspecified atom stereocenters. The molecule has 7 heteroatoms. The number of para-hydroxylation sites is 1. The van der Waals surface area contributed by atoms with Gasteiger partial charge in [0.1, 0.15) is 11.5 Å². The van der Waals surface area contributed by atoms with Gasteiger partial charge in [-0.3, -0.25) is 5.43 Å². The molecule has 1 N–H and O–H groups in total. The Hall–Kier alpha value is -2.70. The van der Waals surface area contributed by atoms with Crippen LogP contribution in [0.3, 0.4) is 0 Å². The number of nitrogens with zero attached hydrogens (tertiary/aromatic N) is 1. The summed E-state index contributed by atoms with van der Waals surface area (Å²) in [4.78, 5) is 34.3. The summed E-state index contributed by atoms with van der Waals surface area (Å²) in [6.45, 7) is 1.43. The number of ketones is 1. The van der Waals surface area contributed by atoms with Crippen molar-refractivity contribution in [1.82, 2.24) is 0 Å². The molecule has 0 saturated heterocycles. The second-order valence-corrected chi connectivity index (χ2v) is 4.40. The van der Waals surface area contributed by atoms with Gasteiger partial charge in [-0.1, -0.05) is 12.1 Å². The first-order valence-corrected chi connectivity index (χ1v) is 6.57. The molecule has 0 heterocycles. The first-order chi connectivity index (χ1) is 10.5. The number of hydrogen-bond donors (Lipinski definition) is 1. The van der Waals surface area contributed by atoms with E-state index in [4.69, 9.17) is 0 Å². The number of rotatable bonds is 7. The molecule has 0 aliphatic rings. The van der Waals surface area contributed by atoms with Gasteiger partial charge in [-0.2, -0.15) is 5.10 Å². The zero-order valence-corrected chi connectivity index (χ0v) is 12.7. The van der Waals surface area contributed by atoms with Crippen LogP contribution in [0, 0.1) is 0 Å². The Bertz CT molecular complexity index is 595. The number of methoxy groups -OCH3 is 2. The third-order valence-corrected chi connectivity index (χ3v) is 2.78. The fourth-order valence-electron chi connectivity index (χ4n) is 1.61. The minimum absolute atomic E-state index is 0.0634. The summed E-state index contributed by atoms with van der Waals surface area (Å²) in [5.74, 6) is -1.22. The molecule has 7 nitrogen and oxygen atoms in total. The number of Topliss-reactive ketones (excluding diaryl/α,β-unsaturated/α-hetero) is 1. The topological polar surface area (TPSA) is 94.1 Å². The van der Waals surface area contributed by atoms with Crippen molar-refractivity contribution in [2.45, 2.75) is 19.8 Å². The second kappa shape index (κ2) is 8.56. The molecule has 0 atom stereocenters. The highest BCUT2D eigenvalue weighted by Gasteiger charge is 2.14. The highest BCUT2D eigenvalue weighted by molar-refractivity contribution is 6.36. The summed E-state index contributed by atoms with van der Waals surface area (Å²) in [5.41, 5.74) is 3.38. The SMILES string of the molecule is COC(=O)/C(CCC(C)=O)=N/Nc1ccccc1C(=O)OC. The molecule has 0 spiro atoms. The number of esters is 2. The van der Waals surface area contributed by atoms with E-state index in [-0.39, 0.29) is 29.9 Å². The Balaban J connectivity index is 2.97. The summed E-state index contributed by atoms with van der Waals surface area (Å²) in [7, 11) is 2.50. The van der Waals surface area contributed by atoms with Crippen molar-refractivity contribution in [3.63, 3.8) is 0 Å². The van der Waals surface area contributed by atoms with Gasteiger partial charge < -0.3 is 14.3 Å². The van der Waals surface area contributed by atoms with E-state index in [1.165, 1.54) is 21.1 Å². The van der Waals surface area contributed by atoms with Crippen LogP contribution in [0.2, 0.25) is 0 Å². The van der Waals surface area contributed by atoms with E-state index in [1.807, 2.05) is 0 Å². The molecule has 1 rings (SSSR count). The molecule has 0 saturated carbocycles. The third kappa shape index (κ3) is 5.01. The van der Waals surface area contributed by atoms with E-state index in [0.717, 1.165) is 0 Å². The Morgan fingerprint density at radius 3 is 2.36 bits per heavy atom. The van der Waals surface area contributed by atoms with Crippen LogP contribution in [-0.2, 0) is 19.1 Å². The maximum Gasteiger partial charge on any atom is 0.354 e. The van der Waals surface area contributed by atoms with Crippen LogP contribution >= 0.6 is 0 Å². The van der Waals surface area contributed by atoms with Crippen molar-refractivity contribution in [2.24, 2.45) is 5.10 Å². The van der Waals surface area contributed by atoms with Crippen LogP contribution in [0.15, 0.2) is 29.4 Å². The lowest BCUT2D eigenvalue weighted by Gasteiger charge is -2.08. The first-order valence-electron chi connectivity index (χ1n) is 6.57. The predicted molar refractivity (Wildman–Crippen MR) is 80.8 cm³/mol. The maximum atomic E-state index is 11.6. The van der Waals surface area contributed by atoms with Crippen molar-refractivity contribution in [3.05, 3.63) is 29.8 Å². The van der Waals surface area contributed by atoms with Gasteiger partial charge in [-0.05, 0) is 19.1 Å². The fraction of sp³-hybridized carbons (Fsp3) is 0.333. The maximum absolute atomic E-state index is 11.6. The number of carbonyl (C=O) groups excluding carboxylic acids is 3. The van der Waals surface area contributed by atoms with E-state index in [9.17, 15) is 14.4 Å². The number of benzene rings is 1. The Kier molecular flexibility index (Phi) is 6.75. The Morgan fingerprint density at radius 2 is 1.77 bits per heavy atom. The van der Waals surface area contributed by atoms with E-state index in [0.29, 0.717) is 5.69 Å². The van der Waals surface area contributed by atoms with Crippen LogP contribution in [0.25, 0.3) is 0 Å². The summed E-state index contributed by atoms with van der Waals surface area (Å²) in [5, 5.41) is 3.95. The Labute approximate surface area is 128 Å². The quantitative estimate of drug-likeness (QED) is 0.469. The van der Waals surface area contributed by atoms with Crippen molar-refractivity contribution >= 4 is 29.1 Å². The van der Waals surface area contributed by atoms with E-state index in [1.54, 1.807) is 24.3 Å². The zero-order chi connectivity index (χ0) is 16.5. The smallest absolute Gasteiger partial charge is 0.354 e. The van der Waals surface area contributed by atoms with E-state index in [2.05, 4.69) is 20.0 Å². The van der Waals surface area contributed by atoms with Crippen LogP contribution < -0.4 is 5.43 Å². The molecule has 0 bridgehead atoms. The minimum Gasteiger partial charge on any atom is -0.465 e. The average molecular weight is 306 g/mol. The summed E-state index contributed by atoms with van der Waals surface area (Å²) in [6, 6.07) is 6.57.